The number of carbonyl (C=O) groups is 2. The van der Waals surface area contributed by atoms with Gasteiger partial charge in [0, 0.05) is 19.6 Å². The summed E-state index contributed by atoms with van der Waals surface area (Å²) in [6.45, 7) is 2.75. The zero-order valence-corrected chi connectivity index (χ0v) is 17.3. The second-order valence-corrected chi connectivity index (χ2v) is 8.38. The van der Waals surface area contributed by atoms with Crippen molar-refractivity contribution in [2.24, 2.45) is 11.8 Å². The van der Waals surface area contributed by atoms with Gasteiger partial charge in [0.2, 0.25) is 5.91 Å². The lowest BCUT2D eigenvalue weighted by molar-refractivity contribution is -0.143. The number of nitrogens with zero attached hydrogens (tertiary/aromatic N) is 3. The number of rotatable bonds is 5. The van der Waals surface area contributed by atoms with Crippen molar-refractivity contribution in [3.8, 4) is 5.69 Å². The van der Waals surface area contributed by atoms with Crippen LogP contribution in [-0.4, -0.2) is 46.1 Å². The van der Waals surface area contributed by atoms with E-state index in [0.717, 1.165) is 23.7 Å². The number of para-hydroxylation sites is 1. The molecular weight excluding hydrogens is 409 g/mol. The summed E-state index contributed by atoms with van der Waals surface area (Å²) >= 11 is 0. The maximum Gasteiger partial charge on any atom is 0.434 e. The van der Waals surface area contributed by atoms with Gasteiger partial charge in [-0.2, -0.15) is 18.3 Å². The Morgan fingerprint density at radius 3 is 2.61 bits per heavy atom. The summed E-state index contributed by atoms with van der Waals surface area (Å²) in [5.41, 5.74) is -0.702. The van der Waals surface area contributed by atoms with E-state index in [-0.39, 0.29) is 18.1 Å². The maximum atomic E-state index is 14.0. The van der Waals surface area contributed by atoms with Crippen LogP contribution < -0.4 is 5.32 Å². The highest BCUT2D eigenvalue weighted by Crippen LogP contribution is 2.35. The molecule has 2 aliphatic rings. The van der Waals surface area contributed by atoms with E-state index in [4.69, 9.17) is 0 Å². The Kier molecular flexibility index (Phi) is 5.77. The zero-order valence-electron chi connectivity index (χ0n) is 17.3. The summed E-state index contributed by atoms with van der Waals surface area (Å²) in [7, 11) is 0. The van der Waals surface area contributed by atoms with Crippen molar-refractivity contribution < 1.29 is 22.8 Å². The number of piperidine rings is 1. The average molecular weight is 434 g/mol. The summed E-state index contributed by atoms with van der Waals surface area (Å²) in [5, 5.41) is 6.82. The van der Waals surface area contributed by atoms with Gasteiger partial charge in [-0.15, -0.1) is 0 Å². The monoisotopic (exact) mass is 434 g/mol. The summed E-state index contributed by atoms with van der Waals surface area (Å²) < 4.78 is 42.7. The Morgan fingerprint density at radius 2 is 1.94 bits per heavy atom. The largest absolute Gasteiger partial charge is 0.434 e. The molecule has 2 fully saturated rings. The van der Waals surface area contributed by atoms with Crippen molar-refractivity contribution in [2.75, 3.05) is 19.6 Å². The van der Waals surface area contributed by atoms with Crippen LogP contribution in [0.5, 0.6) is 0 Å². The smallest absolute Gasteiger partial charge is 0.356 e. The lowest BCUT2D eigenvalue weighted by Crippen LogP contribution is -2.46. The van der Waals surface area contributed by atoms with Gasteiger partial charge in [-0.1, -0.05) is 18.2 Å². The molecule has 6 nitrogen and oxygen atoms in total. The zero-order chi connectivity index (χ0) is 22.2. The Hall–Kier alpha value is -2.84. The van der Waals surface area contributed by atoms with E-state index in [0.29, 0.717) is 37.4 Å². The summed E-state index contributed by atoms with van der Waals surface area (Å²) in [4.78, 5) is 26.9. The Balaban J connectivity index is 1.58. The molecule has 0 spiro atoms. The number of likely N-dealkylation sites (tertiary alicyclic amines) is 1. The van der Waals surface area contributed by atoms with Crippen molar-refractivity contribution >= 4 is 11.8 Å². The quantitative estimate of drug-likeness (QED) is 0.782. The van der Waals surface area contributed by atoms with Crippen molar-refractivity contribution in [2.45, 2.75) is 38.8 Å². The van der Waals surface area contributed by atoms with E-state index >= 15 is 0 Å². The van der Waals surface area contributed by atoms with Gasteiger partial charge in [-0.3, -0.25) is 9.59 Å². The number of amides is 2. The topological polar surface area (TPSA) is 67.2 Å². The molecule has 1 atom stereocenters. The molecule has 166 valence electrons. The fourth-order valence-corrected chi connectivity index (χ4v) is 4.02. The molecule has 1 unspecified atom stereocenters. The average Bonchev–Trinajstić information content (AvgIpc) is 3.46. The minimum Gasteiger partial charge on any atom is -0.356 e. The molecule has 1 aliphatic heterocycles. The van der Waals surface area contributed by atoms with Gasteiger partial charge in [0.25, 0.3) is 5.91 Å². The molecule has 2 aromatic rings. The van der Waals surface area contributed by atoms with Gasteiger partial charge in [0.15, 0.2) is 5.69 Å². The number of halogens is 3. The highest BCUT2D eigenvalue weighted by Gasteiger charge is 2.42. The molecule has 1 N–H and O–H groups in total. The molecule has 31 heavy (non-hydrogen) atoms. The van der Waals surface area contributed by atoms with Gasteiger partial charge >= 0.3 is 6.18 Å². The lowest BCUT2D eigenvalue weighted by atomic mass is 9.96. The van der Waals surface area contributed by atoms with Crippen LogP contribution in [-0.2, 0) is 11.0 Å². The van der Waals surface area contributed by atoms with Crippen LogP contribution in [0.1, 0.15) is 47.3 Å². The van der Waals surface area contributed by atoms with Gasteiger partial charge in [-0.25, -0.2) is 4.68 Å². The van der Waals surface area contributed by atoms with Gasteiger partial charge in [0.1, 0.15) is 0 Å². The van der Waals surface area contributed by atoms with Gasteiger partial charge in [-0.05, 0) is 50.2 Å². The molecule has 1 aromatic carbocycles. The molecular formula is C22H25F3N4O2. The minimum absolute atomic E-state index is 0.113. The molecule has 1 aliphatic carbocycles. The lowest BCUT2D eigenvalue weighted by Gasteiger charge is -2.32. The third-order valence-electron chi connectivity index (χ3n) is 5.95. The fraction of sp³-hybridized carbons (Fsp3) is 0.500. The maximum absolute atomic E-state index is 14.0. The molecule has 1 aromatic heterocycles. The molecule has 2 heterocycles. The van der Waals surface area contributed by atoms with E-state index in [1.807, 2.05) is 0 Å². The molecule has 1 saturated carbocycles. The summed E-state index contributed by atoms with van der Waals surface area (Å²) in [5.74, 6) is -0.744. The number of alkyl halides is 3. The third kappa shape index (κ3) is 4.60. The molecule has 0 bridgehead atoms. The van der Waals surface area contributed by atoms with Gasteiger partial charge in [0.05, 0.1) is 23.4 Å². The number of hydrogen-bond acceptors (Lipinski definition) is 3. The molecule has 4 rings (SSSR count). The van der Waals surface area contributed by atoms with E-state index in [2.05, 4.69) is 10.4 Å². The van der Waals surface area contributed by atoms with Crippen LogP contribution >= 0.6 is 0 Å². The summed E-state index contributed by atoms with van der Waals surface area (Å²) in [6.07, 6.45) is -0.369. The van der Waals surface area contributed by atoms with E-state index < -0.39 is 29.3 Å². The number of hydrogen-bond donors (Lipinski definition) is 1. The Bertz CT molecular complexity index is 981. The number of benzene rings is 1. The number of carbonyl (C=O) groups excluding carboxylic acids is 2. The van der Waals surface area contributed by atoms with Crippen molar-refractivity contribution in [1.29, 1.82) is 0 Å². The number of aromatic nitrogens is 2. The first-order valence-corrected chi connectivity index (χ1v) is 10.5. The summed E-state index contributed by atoms with van der Waals surface area (Å²) in [6, 6.07) is 6.58. The van der Waals surface area contributed by atoms with Crippen molar-refractivity contribution in [1.82, 2.24) is 20.0 Å². The van der Waals surface area contributed by atoms with Gasteiger partial charge < -0.3 is 10.2 Å². The van der Waals surface area contributed by atoms with Crippen molar-refractivity contribution in [3.05, 3.63) is 47.3 Å². The number of aryl methyl sites for hydroxylation is 1. The van der Waals surface area contributed by atoms with Crippen LogP contribution in [0.3, 0.4) is 0 Å². The SMILES string of the molecule is Cc1ccccc1-n1ncc(C(=O)N2CCCC(C(=O)NCC3CC3)C2)c1C(F)(F)F. The van der Waals surface area contributed by atoms with Crippen molar-refractivity contribution in [3.63, 3.8) is 0 Å². The standard InChI is InChI=1S/C22H25F3N4O2/c1-14-5-2-3-7-18(14)29-19(22(23,24)25)17(12-27-29)21(31)28-10-4-6-16(13-28)20(30)26-11-15-8-9-15/h2-3,5,7,12,15-16H,4,6,8-11,13H2,1H3,(H,26,30). The van der Waals surface area contributed by atoms with Crippen LogP contribution in [0.4, 0.5) is 13.2 Å². The predicted molar refractivity (Wildman–Crippen MR) is 108 cm³/mol. The Morgan fingerprint density at radius 1 is 1.19 bits per heavy atom. The molecule has 1 saturated heterocycles. The number of nitrogens with one attached hydrogen (secondary N) is 1. The van der Waals surface area contributed by atoms with Crippen LogP contribution in [0.15, 0.2) is 30.5 Å². The molecule has 2 amide bonds. The predicted octanol–water partition coefficient (Wildman–Crippen LogP) is 3.58. The van der Waals surface area contributed by atoms with E-state index in [9.17, 15) is 22.8 Å². The van der Waals surface area contributed by atoms with Crippen LogP contribution in [0, 0.1) is 18.8 Å². The van der Waals surface area contributed by atoms with E-state index in [1.54, 1.807) is 25.1 Å². The second kappa shape index (κ2) is 8.36. The second-order valence-electron chi connectivity index (χ2n) is 8.38. The Labute approximate surface area is 178 Å². The van der Waals surface area contributed by atoms with E-state index in [1.165, 1.54) is 11.0 Å². The first-order chi connectivity index (χ1) is 14.8. The van der Waals surface area contributed by atoms with Crippen LogP contribution in [0.25, 0.3) is 5.69 Å². The molecule has 9 heteroatoms. The minimum atomic E-state index is -4.76. The highest BCUT2D eigenvalue weighted by molar-refractivity contribution is 5.96. The normalized spacial score (nSPS) is 19.4. The highest BCUT2D eigenvalue weighted by atomic mass is 19.4. The van der Waals surface area contributed by atoms with Crippen LogP contribution in [0.2, 0.25) is 0 Å². The first kappa shape index (κ1) is 21.4. The molecule has 0 radical (unpaired) electrons. The third-order valence-corrected chi connectivity index (χ3v) is 5.95. The first-order valence-electron chi connectivity index (χ1n) is 10.5. The fourth-order valence-electron chi connectivity index (χ4n) is 4.02.